The molecule has 1 heterocycles. The molecule has 1 aromatic rings. The molecule has 0 spiro atoms. The van der Waals surface area contributed by atoms with Crippen LogP contribution < -0.4 is 4.90 Å². The van der Waals surface area contributed by atoms with Crippen LogP contribution in [0.15, 0.2) is 24.3 Å². The van der Waals surface area contributed by atoms with E-state index >= 15 is 0 Å². The van der Waals surface area contributed by atoms with Crippen LogP contribution in [0.2, 0.25) is 0 Å². The maximum atomic E-state index is 11.2. The third-order valence-corrected chi connectivity index (χ3v) is 2.85. The lowest BCUT2D eigenvalue weighted by molar-refractivity contribution is 0.0764. The average Bonchev–Trinajstić information content (AvgIpc) is 2.39. The van der Waals surface area contributed by atoms with Crippen molar-refractivity contribution in [3.63, 3.8) is 0 Å². The summed E-state index contributed by atoms with van der Waals surface area (Å²) in [5.74, 6) is 0.0634. The first-order valence-corrected chi connectivity index (χ1v) is 5.58. The molecule has 0 N–H and O–H groups in total. The molecule has 0 aromatic heterocycles. The van der Waals surface area contributed by atoms with Crippen LogP contribution in [0.3, 0.4) is 0 Å². The number of rotatable bonds is 2. The zero-order valence-corrected chi connectivity index (χ0v) is 9.72. The van der Waals surface area contributed by atoms with Crippen molar-refractivity contribution in [2.45, 2.75) is 13.0 Å². The molecule has 2 rings (SSSR count). The predicted octanol–water partition coefficient (Wildman–Crippen LogP) is 1.62. The molecular weight excluding hydrogens is 216 g/mol. The summed E-state index contributed by atoms with van der Waals surface area (Å²) in [4.78, 5) is 13.3. The Morgan fingerprint density at radius 1 is 1.47 bits per heavy atom. The summed E-state index contributed by atoms with van der Waals surface area (Å²) in [6.45, 7) is 3.47. The van der Waals surface area contributed by atoms with Crippen LogP contribution in [-0.2, 0) is 4.74 Å². The van der Waals surface area contributed by atoms with Crippen molar-refractivity contribution >= 4 is 11.5 Å². The second kappa shape index (κ2) is 4.98. The summed E-state index contributed by atoms with van der Waals surface area (Å²) in [6, 6.07) is 9.57. The first-order chi connectivity index (χ1) is 8.20. The van der Waals surface area contributed by atoms with Crippen LogP contribution in [0.5, 0.6) is 0 Å². The van der Waals surface area contributed by atoms with Crippen LogP contribution in [-0.4, -0.2) is 31.6 Å². The van der Waals surface area contributed by atoms with Gasteiger partial charge in [0.15, 0.2) is 11.9 Å². The number of ether oxygens (including phenoxy) is 1. The lowest BCUT2D eigenvalue weighted by Crippen LogP contribution is -2.41. The van der Waals surface area contributed by atoms with Crippen molar-refractivity contribution in [1.82, 2.24) is 0 Å². The Morgan fingerprint density at radius 3 is 2.76 bits per heavy atom. The van der Waals surface area contributed by atoms with Crippen LogP contribution >= 0.6 is 0 Å². The number of carbonyl (C=O) groups excluding carboxylic acids is 1. The second-order valence-electron chi connectivity index (χ2n) is 4.04. The minimum Gasteiger partial charge on any atom is -0.366 e. The van der Waals surface area contributed by atoms with E-state index in [4.69, 9.17) is 10.00 Å². The summed E-state index contributed by atoms with van der Waals surface area (Å²) in [6.07, 6.45) is -0.365. The van der Waals surface area contributed by atoms with Gasteiger partial charge in [0.25, 0.3) is 0 Å². The minimum absolute atomic E-state index is 0.0634. The van der Waals surface area contributed by atoms with Gasteiger partial charge in [-0.25, -0.2) is 0 Å². The van der Waals surface area contributed by atoms with Gasteiger partial charge in [-0.15, -0.1) is 0 Å². The molecule has 1 fully saturated rings. The largest absolute Gasteiger partial charge is 0.366 e. The highest BCUT2D eigenvalue weighted by Gasteiger charge is 2.19. The van der Waals surface area contributed by atoms with E-state index in [0.29, 0.717) is 18.7 Å². The van der Waals surface area contributed by atoms with Crippen LogP contribution in [0, 0.1) is 11.3 Å². The second-order valence-corrected chi connectivity index (χ2v) is 4.04. The Hall–Kier alpha value is -1.86. The minimum atomic E-state index is -0.365. The predicted molar refractivity (Wildman–Crippen MR) is 64.0 cm³/mol. The van der Waals surface area contributed by atoms with Gasteiger partial charge in [-0.2, -0.15) is 5.26 Å². The normalized spacial score (nSPS) is 19.8. The van der Waals surface area contributed by atoms with E-state index in [0.717, 1.165) is 12.2 Å². The van der Waals surface area contributed by atoms with E-state index in [2.05, 4.69) is 11.0 Å². The zero-order valence-electron chi connectivity index (χ0n) is 9.72. The van der Waals surface area contributed by atoms with Gasteiger partial charge in [-0.1, -0.05) is 0 Å². The third kappa shape index (κ3) is 2.63. The number of morpholine rings is 1. The lowest BCUT2D eigenvalue weighted by Gasteiger charge is -2.31. The maximum Gasteiger partial charge on any atom is 0.161 e. The van der Waals surface area contributed by atoms with E-state index in [-0.39, 0.29) is 11.9 Å². The number of hydrogen-bond acceptors (Lipinski definition) is 4. The van der Waals surface area contributed by atoms with E-state index < -0.39 is 0 Å². The average molecular weight is 230 g/mol. The molecule has 4 nitrogen and oxygen atoms in total. The number of carbonyl (C=O) groups is 1. The summed E-state index contributed by atoms with van der Waals surface area (Å²) in [5.41, 5.74) is 1.73. The third-order valence-electron chi connectivity index (χ3n) is 2.85. The van der Waals surface area contributed by atoms with Crippen molar-refractivity contribution in [2.24, 2.45) is 0 Å². The molecule has 1 aromatic carbocycles. The van der Waals surface area contributed by atoms with Gasteiger partial charge < -0.3 is 9.64 Å². The van der Waals surface area contributed by atoms with Gasteiger partial charge in [0.05, 0.1) is 19.2 Å². The molecule has 88 valence electrons. The van der Waals surface area contributed by atoms with E-state index in [1.54, 1.807) is 6.92 Å². The molecule has 0 aliphatic carbocycles. The Labute approximate surface area is 100 Å². The first kappa shape index (κ1) is 11.6. The number of hydrogen-bond donors (Lipinski definition) is 0. The fourth-order valence-corrected chi connectivity index (χ4v) is 1.87. The van der Waals surface area contributed by atoms with Crippen molar-refractivity contribution in [2.75, 3.05) is 24.6 Å². The lowest BCUT2D eigenvalue weighted by atomic mass is 10.1. The van der Waals surface area contributed by atoms with Crippen molar-refractivity contribution in [3.8, 4) is 6.07 Å². The summed E-state index contributed by atoms with van der Waals surface area (Å²) in [5, 5.41) is 8.83. The molecule has 0 amide bonds. The highest BCUT2D eigenvalue weighted by molar-refractivity contribution is 5.94. The quantitative estimate of drug-likeness (QED) is 0.724. The summed E-state index contributed by atoms with van der Waals surface area (Å²) < 4.78 is 5.28. The Balaban J connectivity index is 2.12. The Kier molecular flexibility index (Phi) is 3.40. The van der Waals surface area contributed by atoms with Gasteiger partial charge in [0.1, 0.15) is 0 Å². The Morgan fingerprint density at radius 2 is 2.18 bits per heavy atom. The SMILES string of the molecule is CC(=O)c1ccc(N2CCOC(C#N)C2)cc1. The number of anilines is 1. The molecular formula is C13H14N2O2. The van der Waals surface area contributed by atoms with E-state index in [1.807, 2.05) is 24.3 Å². The van der Waals surface area contributed by atoms with Crippen LogP contribution in [0.4, 0.5) is 5.69 Å². The van der Waals surface area contributed by atoms with Crippen molar-refractivity contribution in [1.29, 1.82) is 5.26 Å². The number of ketones is 1. The molecule has 4 heteroatoms. The fourth-order valence-electron chi connectivity index (χ4n) is 1.87. The summed E-state index contributed by atoms with van der Waals surface area (Å²) >= 11 is 0. The highest BCUT2D eigenvalue weighted by atomic mass is 16.5. The standard InChI is InChI=1S/C13H14N2O2/c1-10(16)11-2-4-12(5-3-11)15-6-7-17-13(8-14)9-15/h2-5,13H,6-7,9H2,1H3. The molecule has 1 saturated heterocycles. The van der Waals surface area contributed by atoms with Gasteiger partial charge in [-0.05, 0) is 31.2 Å². The summed E-state index contributed by atoms with van der Waals surface area (Å²) in [7, 11) is 0. The van der Waals surface area contributed by atoms with Gasteiger partial charge in [0, 0.05) is 17.8 Å². The highest BCUT2D eigenvalue weighted by Crippen LogP contribution is 2.18. The van der Waals surface area contributed by atoms with Crippen LogP contribution in [0.1, 0.15) is 17.3 Å². The zero-order chi connectivity index (χ0) is 12.3. The van der Waals surface area contributed by atoms with Gasteiger partial charge in [0.2, 0.25) is 0 Å². The number of nitriles is 1. The first-order valence-electron chi connectivity index (χ1n) is 5.58. The van der Waals surface area contributed by atoms with Gasteiger partial charge in [-0.3, -0.25) is 4.79 Å². The molecule has 1 unspecified atom stereocenters. The molecule has 1 aliphatic heterocycles. The van der Waals surface area contributed by atoms with Gasteiger partial charge >= 0.3 is 0 Å². The maximum absolute atomic E-state index is 11.2. The molecule has 17 heavy (non-hydrogen) atoms. The number of nitrogens with zero attached hydrogens (tertiary/aromatic N) is 2. The van der Waals surface area contributed by atoms with E-state index in [9.17, 15) is 4.79 Å². The molecule has 1 aliphatic rings. The molecule has 1 atom stereocenters. The number of Topliss-reactive ketones (excluding diaryl/α,β-unsaturated/α-hetero) is 1. The smallest absolute Gasteiger partial charge is 0.161 e. The molecule has 0 bridgehead atoms. The molecule has 0 radical (unpaired) electrons. The van der Waals surface area contributed by atoms with E-state index in [1.165, 1.54) is 0 Å². The monoisotopic (exact) mass is 230 g/mol. The molecule has 0 saturated carbocycles. The van der Waals surface area contributed by atoms with Crippen molar-refractivity contribution < 1.29 is 9.53 Å². The fraction of sp³-hybridized carbons (Fsp3) is 0.385. The van der Waals surface area contributed by atoms with Crippen LogP contribution in [0.25, 0.3) is 0 Å². The number of benzene rings is 1. The Bertz CT molecular complexity index is 447. The van der Waals surface area contributed by atoms with Crippen molar-refractivity contribution in [3.05, 3.63) is 29.8 Å². The topological polar surface area (TPSA) is 53.3 Å².